The SMILES string of the molecule is CCOC(=O)c1nc(CC(C)(C)C)n(C)n1. The standard InChI is InChI=1S/C11H19N3O2/c1-6-16-10(15)9-12-8(14(5)13-9)7-11(2,3)4/h6-7H2,1-5H3. The minimum absolute atomic E-state index is 0.118. The van der Waals surface area contributed by atoms with Gasteiger partial charge in [0.25, 0.3) is 5.82 Å². The van der Waals surface area contributed by atoms with Crippen molar-refractivity contribution in [3.8, 4) is 0 Å². The zero-order valence-electron chi connectivity index (χ0n) is 10.6. The normalized spacial score (nSPS) is 11.6. The maximum atomic E-state index is 11.4. The molecule has 90 valence electrons. The van der Waals surface area contributed by atoms with Gasteiger partial charge in [0.15, 0.2) is 0 Å². The minimum Gasteiger partial charge on any atom is -0.460 e. The van der Waals surface area contributed by atoms with Crippen molar-refractivity contribution in [1.82, 2.24) is 14.8 Å². The molecule has 0 aliphatic rings. The van der Waals surface area contributed by atoms with E-state index in [1.54, 1.807) is 18.7 Å². The van der Waals surface area contributed by atoms with Gasteiger partial charge in [0.2, 0.25) is 0 Å². The highest BCUT2D eigenvalue weighted by molar-refractivity contribution is 5.84. The molecular formula is C11H19N3O2. The summed E-state index contributed by atoms with van der Waals surface area (Å²) in [5.41, 5.74) is 0.118. The quantitative estimate of drug-likeness (QED) is 0.733. The zero-order chi connectivity index (χ0) is 12.3. The number of carbonyl (C=O) groups excluding carboxylic acids is 1. The molecule has 0 radical (unpaired) electrons. The number of rotatable bonds is 3. The predicted molar refractivity (Wildman–Crippen MR) is 60.1 cm³/mol. The Bertz CT molecular complexity index is 377. The molecule has 0 unspecified atom stereocenters. The van der Waals surface area contributed by atoms with Gasteiger partial charge in [-0.05, 0) is 12.3 Å². The Morgan fingerprint density at radius 1 is 1.44 bits per heavy atom. The first-order valence-electron chi connectivity index (χ1n) is 5.40. The van der Waals surface area contributed by atoms with Crippen molar-refractivity contribution in [2.45, 2.75) is 34.1 Å². The van der Waals surface area contributed by atoms with Crippen molar-refractivity contribution in [1.29, 1.82) is 0 Å². The van der Waals surface area contributed by atoms with Crippen LogP contribution in [0.3, 0.4) is 0 Å². The fourth-order valence-corrected chi connectivity index (χ4v) is 1.33. The van der Waals surface area contributed by atoms with E-state index in [1.165, 1.54) is 0 Å². The summed E-state index contributed by atoms with van der Waals surface area (Å²) in [6.45, 7) is 8.45. The first kappa shape index (κ1) is 12.7. The van der Waals surface area contributed by atoms with Crippen LogP contribution < -0.4 is 0 Å². The van der Waals surface area contributed by atoms with Crippen LogP contribution in [0.25, 0.3) is 0 Å². The zero-order valence-corrected chi connectivity index (χ0v) is 10.6. The van der Waals surface area contributed by atoms with Crippen molar-refractivity contribution >= 4 is 5.97 Å². The van der Waals surface area contributed by atoms with Gasteiger partial charge < -0.3 is 4.74 Å². The van der Waals surface area contributed by atoms with E-state index in [2.05, 4.69) is 30.9 Å². The number of aryl methyl sites for hydroxylation is 1. The summed E-state index contributed by atoms with van der Waals surface area (Å²) in [5.74, 6) is 0.484. The van der Waals surface area contributed by atoms with Gasteiger partial charge in [0, 0.05) is 13.5 Å². The molecule has 0 saturated heterocycles. The van der Waals surface area contributed by atoms with Gasteiger partial charge >= 0.3 is 5.97 Å². The third kappa shape index (κ3) is 3.32. The molecule has 0 aliphatic heterocycles. The molecule has 1 aromatic heterocycles. The van der Waals surface area contributed by atoms with Crippen LogP contribution in [0.2, 0.25) is 0 Å². The van der Waals surface area contributed by atoms with E-state index in [0.29, 0.717) is 6.61 Å². The van der Waals surface area contributed by atoms with Crippen LogP contribution in [0.1, 0.15) is 44.1 Å². The molecule has 5 heteroatoms. The maximum Gasteiger partial charge on any atom is 0.378 e. The Morgan fingerprint density at radius 3 is 2.56 bits per heavy atom. The van der Waals surface area contributed by atoms with Crippen LogP contribution in [-0.4, -0.2) is 27.3 Å². The highest BCUT2D eigenvalue weighted by Gasteiger charge is 2.20. The number of hydrogen-bond donors (Lipinski definition) is 0. The summed E-state index contributed by atoms with van der Waals surface area (Å²) in [5, 5.41) is 4.04. The monoisotopic (exact) mass is 225 g/mol. The van der Waals surface area contributed by atoms with Crippen molar-refractivity contribution < 1.29 is 9.53 Å². The lowest BCUT2D eigenvalue weighted by molar-refractivity contribution is 0.0511. The van der Waals surface area contributed by atoms with Crippen LogP contribution in [0, 0.1) is 5.41 Å². The smallest absolute Gasteiger partial charge is 0.378 e. The number of carbonyl (C=O) groups is 1. The Morgan fingerprint density at radius 2 is 2.06 bits per heavy atom. The Labute approximate surface area is 95.8 Å². The first-order valence-corrected chi connectivity index (χ1v) is 5.40. The van der Waals surface area contributed by atoms with Gasteiger partial charge in [-0.1, -0.05) is 20.8 Å². The van der Waals surface area contributed by atoms with Crippen molar-refractivity contribution in [3.05, 3.63) is 11.6 Å². The Hall–Kier alpha value is -1.39. The number of ether oxygens (including phenoxy) is 1. The number of aromatic nitrogens is 3. The second-order valence-electron chi connectivity index (χ2n) is 4.93. The average molecular weight is 225 g/mol. The van der Waals surface area contributed by atoms with Crippen LogP contribution in [0.15, 0.2) is 0 Å². The van der Waals surface area contributed by atoms with Gasteiger partial charge in [-0.25, -0.2) is 9.78 Å². The average Bonchev–Trinajstić information content (AvgIpc) is 2.45. The second-order valence-corrected chi connectivity index (χ2v) is 4.93. The predicted octanol–water partition coefficient (Wildman–Crippen LogP) is 1.58. The summed E-state index contributed by atoms with van der Waals surface area (Å²) in [6.07, 6.45) is 0.774. The molecule has 1 rings (SSSR count). The fourth-order valence-electron chi connectivity index (χ4n) is 1.33. The van der Waals surface area contributed by atoms with Crippen molar-refractivity contribution in [2.75, 3.05) is 6.61 Å². The van der Waals surface area contributed by atoms with E-state index in [1.807, 2.05) is 0 Å². The molecule has 0 aliphatic carbocycles. The van der Waals surface area contributed by atoms with Crippen LogP contribution in [-0.2, 0) is 18.2 Å². The number of hydrogen-bond acceptors (Lipinski definition) is 4. The van der Waals surface area contributed by atoms with E-state index >= 15 is 0 Å². The molecule has 5 nitrogen and oxygen atoms in total. The summed E-state index contributed by atoms with van der Waals surface area (Å²) in [4.78, 5) is 15.6. The van der Waals surface area contributed by atoms with E-state index < -0.39 is 5.97 Å². The third-order valence-electron chi connectivity index (χ3n) is 2.00. The summed E-state index contributed by atoms with van der Waals surface area (Å²) < 4.78 is 6.49. The summed E-state index contributed by atoms with van der Waals surface area (Å²) >= 11 is 0. The molecule has 1 heterocycles. The number of nitrogens with zero attached hydrogens (tertiary/aromatic N) is 3. The fraction of sp³-hybridized carbons (Fsp3) is 0.727. The lowest BCUT2D eigenvalue weighted by Crippen LogP contribution is -2.13. The van der Waals surface area contributed by atoms with E-state index in [9.17, 15) is 4.79 Å². The van der Waals surface area contributed by atoms with Crippen LogP contribution in [0.5, 0.6) is 0 Å². The second kappa shape index (κ2) is 4.63. The van der Waals surface area contributed by atoms with Gasteiger partial charge in [-0.3, -0.25) is 4.68 Å². The minimum atomic E-state index is -0.460. The van der Waals surface area contributed by atoms with Crippen LogP contribution >= 0.6 is 0 Å². The molecule has 0 aromatic carbocycles. The van der Waals surface area contributed by atoms with E-state index in [4.69, 9.17) is 4.74 Å². The lowest BCUT2D eigenvalue weighted by atomic mass is 9.92. The molecule has 0 atom stereocenters. The van der Waals surface area contributed by atoms with E-state index in [-0.39, 0.29) is 11.2 Å². The van der Waals surface area contributed by atoms with Crippen LogP contribution in [0.4, 0.5) is 0 Å². The van der Waals surface area contributed by atoms with E-state index in [0.717, 1.165) is 12.2 Å². The molecule has 16 heavy (non-hydrogen) atoms. The highest BCUT2D eigenvalue weighted by Crippen LogP contribution is 2.19. The Balaban J connectivity index is 2.86. The molecule has 0 saturated carbocycles. The molecular weight excluding hydrogens is 206 g/mol. The van der Waals surface area contributed by atoms with Crippen molar-refractivity contribution in [2.24, 2.45) is 12.5 Å². The highest BCUT2D eigenvalue weighted by atomic mass is 16.5. The first-order chi connectivity index (χ1) is 7.33. The third-order valence-corrected chi connectivity index (χ3v) is 2.00. The summed E-state index contributed by atoms with van der Waals surface area (Å²) in [7, 11) is 1.79. The van der Waals surface area contributed by atoms with Gasteiger partial charge in [0.1, 0.15) is 5.82 Å². The Kier molecular flexibility index (Phi) is 3.67. The molecule has 0 fully saturated rings. The molecule has 0 N–H and O–H groups in total. The van der Waals surface area contributed by atoms with Gasteiger partial charge in [-0.2, -0.15) is 0 Å². The lowest BCUT2D eigenvalue weighted by Gasteiger charge is -2.16. The van der Waals surface area contributed by atoms with Gasteiger partial charge in [0.05, 0.1) is 6.61 Å². The molecule has 0 spiro atoms. The molecule has 0 bridgehead atoms. The van der Waals surface area contributed by atoms with Crippen molar-refractivity contribution in [3.63, 3.8) is 0 Å². The van der Waals surface area contributed by atoms with Gasteiger partial charge in [-0.15, -0.1) is 5.10 Å². The summed E-state index contributed by atoms with van der Waals surface area (Å²) in [6, 6.07) is 0. The largest absolute Gasteiger partial charge is 0.460 e. The molecule has 1 aromatic rings. The topological polar surface area (TPSA) is 57.0 Å². The number of esters is 1. The molecule has 0 amide bonds. The maximum absolute atomic E-state index is 11.4.